The van der Waals surface area contributed by atoms with E-state index in [-0.39, 0.29) is 18.9 Å². The molecule has 0 bridgehead atoms. The molecule has 5 nitrogen and oxygen atoms in total. The minimum Gasteiger partial charge on any atom is -0.653 e. The molecule has 0 heterocycles. The molecule has 0 fully saturated rings. The molecule has 0 spiro atoms. The van der Waals surface area contributed by atoms with Crippen LogP contribution < -0.4 is 18.9 Å². The van der Waals surface area contributed by atoms with Crippen molar-refractivity contribution in [3.8, 4) is 0 Å². The van der Waals surface area contributed by atoms with Crippen LogP contribution in [-0.4, -0.2) is 22.9 Å². The summed E-state index contributed by atoms with van der Waals surface area (Å²) in [6, 6.07) is 0. The van der Waals surface area contributed by atoms with Crippen LogP contribution in [0.25, 0.3) is 0 Å². The van der Waals surface area contributed by atoms with Gasteiger partial charge in [0, 0.05) is 11.2 Å². The number of rotatable bonds is 2. The van der Waals surface area contributed by atoms with Crippen molar-refractivity contribution in [3.63, 3.8) is 0 Å². The first kappa shape index (κ1) is 16.6. The summed E-state index contributed by atoms with van der Waals surface area (Å²) >= 11 is 0. The van der Waals surface area contributed by atoms with Crippen molar-refractivity contribution in [2.75, 3.05) is 6.61 Å². The summed E-state index contributed by atoms with van der Waals surface area (Å²) < 4.78 is 12.7. The predicted molar refractivity (Wildman–Crippen MR) is 29.4 cm³/mol. The number of carbonyl (C=O) groups excluding carboxylic acids is 1. The molecular formula is C3H7LiO5P+. The summed E-state index contributed by atoms with van der Waals surface area (Å²) in [6.07, 6.45) is 0. The maximum atomic E-state index is 9.06. The largest absolute Gasteiger partial charge is 1.00 e. The Kier molecular flexibility index (Phi) is 26.6. The van der Waals surface area contributed by atoms with Gasteiger partial charge in [-0.1, -0.05) is 6.47 Å². The van der Waals surface area contributed by atoms with Gasteiger partial charge in [0.25, 0.3) is 0 Å². The normalized spacial score (nSPS) is 5.90. The van der Waals surface area contributed by atoms with Gasteiger partial charge in [0.1, 0.15) is 0 Å². The summed E-state index contributed by atoms with van der Waals surface area (Å²) in [7, 11) is -2.87. The zero-order valence-corrected chi connectivity index (χ0v) is 6.67. The summed E-state index contributed by atoms with van der Waals surface area (Å²) in [5.41, 5.74) is 0. The van der Waals surface area contributed by atoms with Gasteiger partial charge in [-0.3, -0.25) is 0 Å². The monoisotopic (exact) mass is 161 g/mol. The second-order valence-corrected chi connectivity index (χ2v) is 1.27. The van der Waals surface area contributed by atoms with Gasteiger partial charge in [-0.2, -0.15) is 0 Å². The van der Waals surface area contributed by atoms with Gasteiger partial charge in [-0.25, -0.2) is 0 Å². The van der Waals surface area contributed by atoms with E-state index in [1.54, 1.807) is 6.92 Å². The predicted octanol–water partition coefficient (Wildman–Crippen LogP) is -3.28. The molecule has 2 N–H and O–H groups in total. The standard InChI is InChI=1S/C3H5O2.Li.HO3P/c1-2-5-3-4;;1-4(2)3/h2H2,1H3;;(H-,1,2,3)/q-1;+1;/p+1. The van der Waals surface area contributed by atoms with Gasteiger partial charge in [0.05, 0.1) is 0 Å². The molecule has 0 atom stereocenters. The summed E-state index contributed by atoms with van der Waals surface area (Å²) in [5, 5.41) is 0. The van der Waals surface area contributed by atoms with Crippen molar-refractivity contribution in [2.45, 2.75) is 6.92 Å². The first-order chi connectivity index (χ1) is 4.15. The second kappa shape index (κ2) is 16.0. The molecular weight excluding hydrogens is 154 g/mol. The van der Waals surface area contributed by atoms with Gasteiger partial charge in [0.2, 0.25) is 0 Å². The van der Waals surface area contributed by atoms with Crippen molar-refractivity contribution >= 4 is 14.7 Å². The molecule has 0 aliphatic carbocycles. The van der Waals surface area contributed by atoms with Crippen LogP contribution in [0.5, 0.6) is 0 Å². The number of hydrogen-bond acceptors (Lipinski definition) is 3. The maximum Gasteiger partial charge on any atom is 1.00 e. The summed E-state index contributed by atoms with van der Waals surface area (Å²) in [4.78, 5) is 23.3. The van der Waals surface area contributed by atoms with Crippen LogP contribution >= 0.6 is 8.25 Å². The number of ether oxygens (including phenoxy) is 1. The smallest absolute Gasteiger partial charge is 0.653 e. The van der Waals surface area contributed by atoms with E-state index in [9.17, 15) is 0 Å². The van der Waals surface area contributed by atoms with Crippen LogP contribution in [0, 0.1) is 0 Å². The van der Waals surface area contributed by atoms with Crippen LogP contribution in [0.3, 0.4) is 0 Å². The third-order valence-corrected chi connectivity index (χ3v) is 0.203. The van der Waals surface area contributed by atoms with Gasteiger partial charge in [-0.15, -0.1) is 9.79 Å². The molecule has 0 saturated heterocycles. The third kappa shape index (κ3) is 93.2. The molecule has 0 saturated carbocycles. The molecule has 0 aliphatic rings. The zero-order chi connectivity index (χ0) is 7.70. The fraction of sp³-hybridized carbons (Fsp3) is 0.667. The van der Waals surface area contributed by atoms with E-state index in [2.05, 4.69) is 4.74 Å². The van der Waals surface area contributed by atoms with E-state index in [1.165, 1.54) is 6.47 Å². The van der Waals surface area contributed by atoms with E-state index >= 15 is 0 Å². The summed E-state index contributed by atoms with van der Waals surface area (Å²) in [5.74, 6) is 0. The van der Waals surface area contributed by atoms with Crippen molar-refractivity contribution < 1.29 is 42.7 Å². The van der Waals surface area contributed by atoms with Crippen molar-refractivity contribution in [2.24, 2.45) is 0 Å². The van der Waals surface area contributed by atoms with E-state index < -0.39 is 8.25 Å². The Morgan fingerprint density at radius 1 is 1.60 bits per heavy atom. The Hall–Kier alpha value is 0.0874. The molecule has 0 unspecified atom stereocenters. The molecule has 0 amide bonds. The average molecular weight is 161 g/mol. The van der Waals surface area contributed by atoms with Crippen LogP contribution in [0.15, 0.2) is 0 Å². The van der Waals surface area contributed by atoms with E-state index in [1.807, 2.05) is 0 Å². The Balaban J connectivity index is -0.0000000910. The Morgan fingerprint density at radius 2 is 1.90 bits per heavy atom. The van der Waals surface area contributed by atoms with Gasteiger partial charge in [0.15, 0.2) is 0 Å². The molecule has 0 aromatic rings. The van der Waals surface area contributed by atoms with Crippen molar-refractivity contribution in [3.05, 3.63) is 0 Å². The maximum absolute atomic E-state index is 9.06. The van der Waals surface area contributed by atoms with E-state index in [0.717, 1.165) is 0 Å². The summed E-state index contributed by atoms with van der Waals surface area (Å²) in [6.45, 7) is 3.41. The van der Waals surface area contributed by atoms with Crippen LogP contribution in [-0.2, 0) is 14.1 Å². The molecule has 54 valence electrons. The fourth-order valence-corrected chi connectivity index (χ4v) is 0.0589. The average Bonchev–Trinajstić information content (AvgIpc) is 1.66. The third-order valence-electron chi connectivity index (χ3n) is 0.203. The van der Waals surface area contributed by atoms with E-state index in [0.29, 0.717) is 6.61 Å². The minimum atomic E-state index is -2.87. The topological polar surface area (TPSA) is 83.8 Å². The first-order valence-electron chi connectivity index (χ1n) is 1.99. The minimum absolute atomic E-state index is 0. The van der Waals surface area contributed by atoms with Gasteiger partial charge < -0.3 is 9.53 Å². The van der Waals surface area contributed by atoms with Crippen LogP contribution in [0.2, 0.25) is 0 Å². The van der Waals surface area contributed by atoms with Gasteiger partial charge in [-0.05, 0) is 6.92 Å². The molecule has 0 aliphatic heterocycles. The van der Waals surface area contributed by atoms with Gasteiger partial charge >= 0.3 is 27.1 Å². The Morgan fingerprint density at radius 3 is 1.90 bits per heavy atom. The molecule has 0 aromatic heterocycles. The van der Waals surface area contributed by atoms with Crippen molar-refractivity contribution in [1.29, 1.82) is 0 Å². The molecule has 10 heavy (non-hydrogen) atoms. The molecule has 0 aromatic carbocycles. The first-order valence-corrected chi connectivity index (χ1v) is 3.15. The fourth-order valence-electron chi connectivity index (χ4n) is 0.0589. The van der Waals surface area contributed by atoms with Crippen LogP contribution in [0.1, 0.15) is 6.92 Å². The Labute approximate surface area is 71.5 Å². The zero-order valence-electron chi connectivity index (χ0n) is 5.77. The Bertz CT molecular complexity index is 83.0. The number of hydrogen-bond donors (Lipinski definition) is 2. The quantitative estimate of drug-likeness (QED) is 0.252. The van der Waals surface area contributed by atoms with Crippen molar-refractivity contribution in [1.82, 2.24) is 0 Å². The SMILES string of the molecule is CCO[C-]=O.O=[P+](O)O.[Li+]. The second-order valence-electron chi connectivity index (χ2n) is 0.769. The molecule has 0 radical (unpaired) electrons. The van der Waals surface area contributed by atoms with Crippen LogP contribution in [0.4, 0.5) is 0 Å². The molecule has 7 heteroatoms. The van der Waals surface area contributed by atoms with E-state index in [4.69, 9.17) is 19.1 Å². The molecule has 0 rings (SSSR count).